The van der Waals surface area contributed by atoms with Crippen molar-refractivity contribution in [3.63, 3.8) is 0 Å². The fourth-order valence-corrected chi connectivity index (χ4v) is 3.56. The Hall–Kier alpha value is -3.81. The number of rotatable bonds is 2. The van der Waals surface area contributed by atoms with E-state index in [9.17, 15) is 9.59 Å². The maximum absolute atomic E-state index is 13.0. The van der Waals surface area contributed by atoms with E-state index in [0.717, 1.165) is 11.4 Å². The maximum atomic E-state index is 13.0. The molecule has 4 heterocycles. The van der Waals surface area contributed by atoms with Crippen molar-refractivity contribution in [2.24, 2.45) is 0 Å². The van der Waals surface area contributed by atoms with Gasteiger partial charge in [0.25, 0.3) is 11.5 Å². The number of carbonyl (C=O) groups excluding carboxylic acids is 1. The standard InChI is InChI=1S/C21H18N6O2/c28-20(16-14-22-17-8-4-5-10-26(17)21(16)29)25-11-9-18-23-19(24-27(18)13-12-25)15-6-2-1-3-7-15/h1-8,10,14H,9,11-13H2. The van der Waals surface area contributed by atoms with Crippen molar-refractivity contribution >= 4 is 11.6 Å². The summed E-state index contributed by atoms with van der Waals surface area (Å²) in [6, 6.07) is 15.1. The summed E-state index contributed by atoms with van der Waals surface area (Å²) in [5.74, 6) is 1.22. The molecule has 144 valence electrons. The van der Waals surface area contributed by atoms with Gasteiger partial charge in [-0.3, -0.25) is 14.0 Å². The van der Waals surface area contributed by atoms with Gasteiger partial charge in [0, 0.05) is 37.5 Å². The molecule has 3 aromatic heterocycles. The molecule has 5 rings (SSSR count). The van der Waals surface area contributed by atoms with Gasteiger partial charge >= 0.3 is 0 Å². The monoisotopic (exact) mass is 386 g/mol. The van der Waals surface area contributed by atoms with Gasteiger partial charge in [0.2, 0.25) is 0 Å². The lowest BCUT2D eigenvalue weighted by Gasteiger charge is -2.19. The number of nitrogens with zero attached hydrogens (tertiary/aromatic N) is 6. The number of benzene rings is 1. The van der Waals surface area contributed by atoms with Gasteiger partial charge < -0.3 is 4.90 Å². The van der Waals surface area contributed by atoms with Crippen molar-refractivity contribution in [2.45, 2.75) is 13.0 Å². The summed E-state index contributed by atoms with van der Waals surface area (Å²) < 4.78 is 3.24. The van der Waals surface area contributed by atoms with Gasteiger partial charge in [-0.15, -0.1) is 0 Å². The van der Waals surface area contributed by atoms with E-state index in [1.165, 1.54) is 10.6 Å². The first-order valence-corrected chi connectivity index (χ1v) is 9.45. The molecule has 0 radical (unpaired) electrons. The highest BCUT2D eigenvalue weighted by Gasteiger charge is 2.24. The molecule has 1 aromatic carbocycles. The van der Waals surface area contributed by atoms with Gasteiger partial charge in [0.15, 0.2) is 5.82 Å². The van der Waals surface area contributed by atoms with Crippen molar-refractivity contribution in [3.05, 3.63) is 82.7 Å². The molecule has 0 N–H and O–H groups in total. The average molecular weight is 386 g/mol. The molecule has 8 heteroatoms. The summed E-state index contributed by atoms with van der Waals surface area (Å²) in [5, 5.41) is 4.60. The van der Waals surface area contributed by atoms with Gasteiger partial charge in [-0.2, -0.15) is 5.10 Å². The highest BCUT2D eigenvalue weighted by atomic mass is 16.2. The summed E-state index contributed by atoms with van der Waals surface area (Å²) in [6.07, 6.45) is 3.57. The molecule has 0 saturated carbocycles. The van der Waals surface area contributed by atoms with Crippen LogP contribution in [0.3, 0.4) is 0 Å². The lowest BCUT2D eigenvalue weighted by atomic mass is 10.2. The van der Waals surface area contributed by atoms with Crippen molar-refractivity contribution < 1.29 is 4.79 Å². The van der Waals surface area contributed by atoms with E-state index < -0.39 is 0 Å². The third-order valence-corrected chi connectivity index (χ3v) is 5.10. The molecule has 1 aliphatic heterocycles. The Labute approximate surface area is 166 Å². The van der Waals surface area contributed by atoms with Crippen LogP contribution >= 0.6 is 0 Å². The molecule has 1 aliphatic rings. The first-order chi connectivity index (χ1) is 14.2. The molecule has 0 unspecified atom stereocenters. The van der Waals surface area contributed by atoms with E-state index in [-0.39, 0.29) is 17.0 Å². The van der Waals surface area contributed by atoms with E-state index in [4.69, 9.17) is 0 Å². The van der Waals surface area contributed by atoms with Crippen LogP contribution in [0.1, 0.15) is 16.2 Å². The minimum atomic E-state index is -0.355. The number of carbonyl (C=O) groups is 1. The molecule has 0 aliphatic carbocycles. The number of fused-ring (bicyclic) bond motifs is 2. The Morgan fingerprint density at radius 2 is 1.79 bits per heavy atom. The van der Waals surface area contributed by atoms with E-state index in [1.54, 1.807) is 29.3 Å². The highest BCUT2D eigenvalue weighted by molar-refractivity contribution is 5.93. The van der Waals surface area contributed by atoms with Crippen molar-refractivity contribution in [2.75, 3.05) is 13.1 Å². The number of hydrogen-bond acceptors (Lipinski definition) is 5. The third-order valence-electron chi connectivity index (χ3n) is 5.10. The summed E-state index contributed by atoms with van der Waals surface area (Å²) in [5.41, 5.74) is 1.21. The molecule has 0 spiro atoms. The summed E-state index contributed by atoms with van der Waals surface area (Å²) in [6.45, 7) is 1.46. The number of hydrogen-bond donors (Lipinski definition) is 0. The zero-order valence-corrected chi connectivity index (χ0v) is 15.6. The molecular formula is C21H18N6O2. The molecule has 0 bridgehead atoms. The van der Waals surface area contributed by atoms with Crippen LogP contribution in [0.15, 0.2) is 65.7 Å². The van der Waals surface area contributed by atoms with Crippen LogP contribution in [0.4, 0.5) is 0 Å². The SMILES string of the molecule is O=C(c1cnc2ccccn2c1=O)N1CCc2nc(-c3ccccc3)nn2CC1. The zero-order valence-electron chi connectivity index (χ0n) is 15.6. The van der Waals surface area contributed by atoms with Gasteiger partial charge in [0.1, 0.15) is 17.0 Å². The van der Waals surface area contributed by atoms with Gasteiger partial charge in [-0.05, 0) is 12.1 Å². The Morgan fingerprint density at radius 1 is 0.966 bits per heavy atom. The molecular weight excluding hydrogens is 368 g/mol. The molecule has 0 fully saturated rings. The van der Waals surface area contributed by atoms with Gasteiger partial charge in [-0.1, -0.05) is 36.4 Å². The predicted octanol–water partition coefficient (Wildman–Crippen LogP) is 1.65. The molecule has 29 heavy (non-hydrogen) atoms. The predicted molar refractivity (Wildman–Crippen MR) is 107 cm³/mol. The van der Waals surface area contributed by atoms with E-state index in [2.05, 4.69) is 15.1 Å². The van der Waals surface area contributed by atoms with Crippen LogP contribution in [-0.2, 0) is 13.0 Å². The van der Waals surface area contributed by atoms with Crippen molar-refractivity contribution in [3.8, 4) is 11.4 Å². The summed E-state index contributed by atoms with van der Waals surface area (Å²) in [4.78, 5) is 36.3. The molecule has 4 aromatic rings. The van der Waals surface area contributed by atoms with Crippen LogP contribution in [-0.4, -0.2) is 48.0 Å². The Balaban J connectivity index is 1.39. The molecule has 0 atom stereocenters. The summed E-state index contributed by atoms with van der Waals surface area (Å²) >= 11 is 0. The first-order valence-electron chi connectivity index (χ1n) is 9.45. The second-order valence-electron chi connectivity index (χ2n) is 6.89. The zero-order chi connectivity index (χ0) is 19.8. The van der Waals surface area contributed by atoms with E-state index >= 15 is 0 Å². The van der Waals surface area contributed by atoms with E-state index in [0.29, 0.717) is 37.5 Å². The lowest BCUT2D eigenvalue weighted by Crippen LogP contribution is -2.37. The fraction of sp³-hybridized carbons (Fsp3) is 0.190. The normalized spacial score (nSPS) is 13.9. The molecule has 1 amide bonds. The number of pyridine rings is 1. The second-order valence-corrected chi connectivity index (χ2v) is 6.89. The van der Waals surface area contributed by atoms with Crippen molar-refractivity contribution in [1.82, 2.24) is 29.0 Å². The Morgan fingerprint density at radius 3 is 2.66 bits per heavy atom. The third kappa shape index (κ3) is 3.08. The highest BCUT2D eigenvalue weighted by Crippen LogP contribution is 2.17. The lowest BCUT2D eigenvalue weighted by molar-refractivity contribution is 0.0756. The Kier molecular flexibility index (Phi) is 4.16. The topological polar surface area (TPSA) is 85.4 Å². The Bertz CT molecular complexity index is 1240. The number of aromatic nitrogens is 5. The molecule has 0 saturated heterocycles. The maximum Gasteiger partial charge on any atom is 0.270 e. The smallest absolute Gasteiger partial charge is 0.270 e. The van der Waals surface area contributed by atoms with E-state index in [1.807, 2.05) is 35.0 Å². The van der Waals surface area contributed by atoms with Crippen LogP contribution in [0.5, 0.6) is 0 Å². The van der Waals surface area contributed by atoms with Crippen molar-refractivity contribution in [1.29, 1.82) is 0 Å². The van der Waals surface area contributed by atoms with Crippen LogP contribution in [0, 0.1) is 0 Å². The van der Waals surface area contributed by atoms with Crippen LogP contribution in [0.25, 0.3) is 17.0 Å². The van der Waals surface area contributed by atoms with Gasteiger partial charge in [0.05, 0.1) is 6.54 Å². The minimum Gasteiger partial charge on any atom is -0.336 e. The van der Waals surface area contributed by atoms with Gasteiger partial charge in [-0.25, -0.2) is 14.6 Å². The largest absolute Gasteiger partial charge is 0.336 e. The quantitative estimate of drug-likeness (QED) is 0.523. The first kappa shape index (κ1) is 17.3. The summed E-state index contributed by atoms with van der Waals surface area (Å²) in [7, 11) is 0. The molecule has 8 nitrogen and oxygen atoms in total. The second kappa shape index (κ2) is 6.97. The van der Waals surface area contributed by atoms with Crippen LogP contribution in [0.2, 0.25) is 0 Å². The van der Waals surface area contributed by atoms with Crippen LogP contribution < -0.4 is 5.56 Å². The fourth-order valence-electron chi connectivity index (χ4n) is 3.56. The minimum absolute atomic E-state index is 0.0752. The average Bonchev–Trinajstić information content (AvgIpc) is 3.07. The number of amides is 1.